The van der Waals surface area contributed by atoms with Crippen molar-refractivity contribution in [3.63, 3.8) is 0 Å². The van der Waals surface area contributed by atoms with Crippen LogP contribution in [0.5, 0.6) is 0 Å². The monoisotopic (exact) mass is 198 g/mol. The fourth-order valence-corrected chi connectivity index (χ4v) is 0.353. The lowest BCUT2D eigenvalue weighted by Gasteiger charge is -1.74. The van der Waals surface area contributed by atoms with Gasteiger partial charge in [-0.15, -0.1) is 0 Å². The lowest BCUT2D eigenvalue weighted by molar-refractivity contribution is -0.132. The van der Waals surface area contributed by atoms with Crippen molar-refractivity contribution in [1.82, 2.24) is 0 Å². The molecule has 0 atom stereocenters. The van der Waals surface area contributed by atoms with Crippen LogP contribution in [0.15, 0.2) is 37.0 Å². The standard InChI is InChI=1S/C7H10O2.C3H4O2/c1-2-3-4-5-6-7(8)9;1-2-3(4)5/h3-6H,2H2,1H3,(H,8,9);2H,1H2,(H,4,5). The maximum absolute atomic E-state index is 9.84. The second-order valence-electron chi connectivity index (χ2n) is 2.08. The van der Waals surface area contributed by atoms with Crippen molar-refractivity contribution >= 4 is 11.9 Å². The summed E-state index contributed by atoms with van der Waals surface area (Å²) in [4.78, 5) is 19.1. The van der Waals surface area contributed by atoms with E-state index in [4.69, 9.17) is 10.2 Å². The van der Waals surface area contributed by atoms with Crippen molar-refractivity contribution in [1.29, 1.82) is 0 Å². The molecule has 0 bridgehead atoms. The first-order chi connectivity index (χ1) is 6.54. The second kappa shape index (κ2) is 11.2. The highest BCUT2D eigenvalue weighted by atomic mass is 16.4. The molecule has 0 aliphatic heterocycles. The third-order valence-corrected chi connectivity index (χ3v) is 0.896. The molecule has 0 aromatic rings. The van der Waals surface area contributed by atoms with E-state index < -0.39 is 11.9 Å². The summed E-state index contributed by atoms with van der Waals surface area (Å²) in [6.07, 6.45) is 7.98. The fourth-order valence-electron chi connectivity index (χ4n) is 0.353. The van der Waals surface area contributed by atoms with Gasteiger partial charge in [0.25, 0.3) is 0 Å². The molecule has 0 amide bonds. The van der Waals surface area contributed by atoms with Crippen LogP contribution < -0.4 is 0 Å². The van der Waals surface area contributed by atoms with Gasteiger partial charge >= 0.3 is 11.9 Å². The summed E-state index contributed by atoms with van der Waals surface area (Å²) in [7, 11) is 0. The number of hydrogen-bond acceptors (Lipinski definition) is 2. The van der Waals surface area contributed by atoms with Crippen LogP contribution in [0.4, 0.5) is 0 Å². The van der Waals surface area contributed by atoms with Crippen molar-refractivity contribution in [3.05, 3.63) is 37.0 Å². The molecule has 0 unspecified atom stereocenters. The zero-order chi connectivity index (χ0) is 11.4. The molecule has 0 aromatic carbocycles. The molecule has 2 N–H and O–H groups in total. The van der Waals surface area contributed by atoms with Crippen LogP contribution in [-0.2, 0) is 9.59 Å². The van der Waals surface area contributed by atoms with Gasteiger partial charge in [0.1, 0.15) is 0 Å². The van der Waals surface area contributed by atoms with Gasteiger partial charge in [-0.1, -0.05) is 31.7 Å². The van der Waals surface area contributed by atoms with Crippen LogP contribution in [-0.4, -0.2) is 22.2 Å². The maximum Gasteiger partial charge on any atom is 0.328 e. The first kappa shape index (κ1) is 14.7. The minimum Gasteiger partial charge on any atom is -0.478 e. The SMILES string of the molecule is C=CC(=O)O.CCC=CC=CC(=O)O. The minimum atomic E-state index is -0.981. The highest BCUT2D eigenvalue weighted by Gasteiger charge is 1.78. The van der Waals surface area contributed by atoms with Gasteiger partial charge in [-0.3, -0.25) is 0 Å². The van der Waals surface area contributed by atoms with Crippen LogP contribution in [0.3, 0.4) is 0 Å². The first-order valence-corrected chi connectivity index (χ1v) is 3.96. The lowest BCUT2D eigenvalue weighted by Crippen LogP contribution is -1.84. The average Bonchev–Trinajstić information content (AvgIpc) is 2.13. The van der Waals surface area contributed by atoms with Crippen molar-refractivity contribution in [2.24, 2.45) is 0 Å². The van der Waals surface area contributed by atoms with Gasteiger partial charge in [0.2, 0.25) is 0 Å². The number of hydrogen-bond donors (Lipinski definition) is 2. The molecule has 0 rings (SSSR count). The van der Waals surface area contributed by atoms with Crippen LogP contribution in [0.1, 0.15) is 13.3 Å². The van der Waals surface area contributed by atoms with E-state index in [2.05, 4.69) is 6.58 Å². The minimum absolute atomic E-state index is 0.833. The summed E-state index contributed by atoms with van der Waals surface area (Å²) in [6.45, 7) is 4.95. The van der Waals surface area contributed by atoms with Gasteiger partial charge in [-0.2, -0.15) is 0 Å². The zero-order valence-electron chi connectivity index (χ0n) is 8.01. The number of allylic oxidation sites excluding steroid dienone is 3. The number of carboxylic acid groups (broad SMARTS) is 2. The summed E-state index contributed by atoms with van der Waals surface area (Å²) >= 11 is 0. The molecule has 78 valence electrons. The van der Waals surface area contributed by atoms with Crippen LogP contribution in [0.2, 0.25) is 0 Å². The molecule has 0 radical (unpaired) electrons. The molecular weight excluding hydrogens is 184 g/mol. The summed E-state index contributed by atoms with van der Waals surface area (Å²) in [6, 6.07) is 0. The Balaban J connectivity index is 0. The number of rotatable bonds is 4. The van der Waals surface area contributed by atoms with Crippen molar-refractivity contribution in [3.8, 4) is 0 Å². The second-order valence-corrected chi connectivity index (χ2v) is 2.08. The van der Waals surface area contributed by atoms with E-state index >= 15 is 0 Å². The predicted octanol–water partition coefficient (Wildman–Crippen LogP) is 1.85. The molecule has 0 aliphatic carbocycles. The topological polar surface area (TPSA) is 74.6 Å². The zero-order valence-corrected chi connectivity index (χ0v) is 8.01. The largest absolute Gasteiger partial charge is 0.478 e. The first-order valence-electron chi connectivity index (χ1n) is 3.96. The fraction of sp³-hybridized carbons (Fsp3) is 0.200. The van der Waals surface area contributed by atoms with Gasteiger partial charge in [0.15, 0.2) is 0 Å². The Morgan fingerprint density at radius 1 is 1.21 bits per heavy atom. The molecule has 0 spiro atoms. The molecule has 0 fully saturated rings. The van der Waals surface area contributed by atoms with E-state index in [0.29, 0.717) is 0 Å². The van der Waals surface area contributed by atoms with Crippen molar-refractivity contribution < 1.29 is 19.8 Å². The van der Waals surface area contributed by atoms with Crippen molar-refractivity contribution in [2.45, 2.75) is 13.3 Å². The van der Waals surface area contributed by atoms with E-state index in [1.165, 1.54) is 6.08 Å². The molecule has 0 aliphatic rings. The van der Waals surface area contributed by atoms with Gasteiger partial charge in [-0.05, 0) is 6.42 Å². The average molecular weight is 198 g/mol. The molecule has 0 heterocycles. The molecule has 0 aromatic heterocycles. The van der Waals surface area contributed by atoms with E-state index in [9.17, 15) is 9.59 Å². The smallest absolute Gasteiger partial charge is 0.328 e. The van der Waals surface area contributed by atoms with E-state index in [1.54, 1.807) is 6.08 Å². The van der Waals surface area contributed by atoms with Gasteiger partial charge in [0.05, 0.1) is 0 Å². The third-order valence-electron chi connectivity index (χ3n) is 0.896. The molecule has 14 heavy (non-hydrogen) atoms. The molecule has 0 saturated carbocycles. The Morgan fingerprint density at radius 2 is 1.71 bits per heavy atom. The van der Waals surface area contributed by atoms with Crippen LogP contribution >= 0.6 is 0 Å². The summed E-state index contributed by atoms with van der Waals surface area (Å²) in [5.74, 6) is -1.89. The van der Waals surface area contributed by atoms with Crippen molar-refractivity contribution in [2.75, 3.05) is 0 Å². The van der Waals surface area contributed by atoms with Crippen LogP contribution in [0.25, 0.3) is 0 Å². The Kier molecular flexibility index (Phi) is 11.7. The number of aliphatic carboxylic acids is 2. The maximum atomic E-state index is 9.84. The highest BCUT2D eigenvalue weighted by Crippen LogP contribution is 1.80. The summed E-state index contributed by atoms with van der Waals surface area (Å²) in [5, 5.41) is 15.7. The molecule has 0 saturated heterocycles. The summed E-state index contributed by atoms with van der Waals surface area (Å²) < 4.78 is 0. The normalized spacial score (nSPS) is 9.50. The van der Waals surface area contributed by atoms with E-state index in [-0.39, 0.29) is 0 Å². The third kappa shape index (κ3) is 22.5. The predicted molar refractivity (Wildman–Crippen MR) is 54.0 cm³/mol. The number of carboxylic acids is 2. The van der Waals surface area contributed by atoms with Gasteiger partial charge in [0, 0.05) is 12.2 Å². The van der Waals surface area contributed by atoms with Gasteiger partial charge in [-0.25, -0.2) is 9.59 Å². The Labute approximate surface area is 82.9 Å². The lowest BCUT2D eigenvalue weighted by atomic mass is 10.4. The number of carbonyl (C=O) groups is 2. The summed E-state index contributed by atoms with van der Waals surface area (Å²) in [5.41, 5.74) is 0. The van der Waals surface area contributed by atoms with Gasteiger partial charge < -0.3 is 10.2 Å². The Bertz CT molecular complexity index is 239. The Hall–Kier alpha value is -1.84. The molecule has 4 heteroatoms. The Morgan fingerprint density at radius 3 is 2.00 bits per heavy atom. The van der Waals surface area contributed by atoms with E-state index in [1.807, 2.05) is 13.0 Å². The molecule has 4 nitrogen and oxygen atoms in total. The highest BCUT2D eigenvalue weighted by molar-refractivity contribution is 5.80. The quantitative estimate of drug-likeness (QED) is 0.534. The molecular formula is C10H14O4. The van der Waals surface area contributed by atoms with Crippen LogP contribution in [0, 0.1) is 0 Å². The van der Waals surface area contributed by atoms with E-state index in [0.717, 1.165) is 18.6 Å².